The highest BCUT2D eigenvalue weighted by molar-refractivity contribution is 5.99. The van der Waals surface area contributed by atoms with Crippen LogP contribution in [0.1, 0.15) is 15.9 Å². The number of pyridine rings is 1. The van der Waals surface area contributed by atoms with Crippen LogP contribution in [0.15, 0.2) is 42.7 Å². The normalized spacial score (nSPS) is 10.1. The van der Waals surface area contributed by atoms with Crippen molar-refractivity contribution in [2.24, 2.45) is 5.84 Å². The molecule has 0 unspecified atom stereocenters. The Bertz CT molecular complexity index is 584. The number of benzene rings is 1. The predicted molar refractivity (Wildman–Crippen MR) is 76.2 cm³/mol. The van der Waals surface area contributed by atoms with E-state index < -0.39 is 0 Å². The maximum absolute atomic E-state index is 12.0. The molecule has 0 atom stereocenters. The summed E-state index contributed by atoms with van der Waals surface area (Å²) in [6.45, 7) is 0.489. The SMILES string of the molecule is NNc1ccncc1C(=O)NCCc1ccc(O)cc1. The number of hydrazine groups is 1. The second kappa shape index (κ2) is 6.53. The molecule has 20 heavy (non-hydrogen) atoms. The van der Waals surface area contributed by atoms with Gasteiger partial charge in [-0.05, 0) is 30.2 Å². The highest BCUT2D eigenvalue weighted by Gasteiger charge is 2.10. The monoisotopic (exact) mass is 272 g/mol. The van der Waals surface area contributed by atoms with Crippen LogP contribution in [-0.4, -0.2) is 22.5 Å². The molecule has 1 aromatic heterocycles. The van der Waals surface area contributed by atoms with Crippen molar-refractivity contribution in [1.82, 2.24) is 10.3 Å². The summed E-state index contributed by atoms with van der Waals surface area (Å²) >= 11 is 0. The van der Waals surface area contributed by atoms with Crippen molar-refractivity contribution >= 4 is 11.6 Å². The summed E-state index contributed by atoms with van der Waals surface area (Å²) in [5.74, 6) is 5.34. The summed E-state index contributed by atoms with van der Waals surface area (Å²) in [4.78, 5) is 15.9. The third kappa shape index (κ3) is 3.46. The molecule has 2 rings (SSSR count). The number of phenolic OH excluding ortho intramolecular Hbond substituents is 1. The molecule has 0 aliphatic carbocycles. The topological polar surface area (TPSA) is 100 Å². The van der Waals surface area contributed by atoms with E-state index in [-0.39, 0.29) is 11.7 Å². The van der Waals surface area contributed by atoms with Crippen molar-refractivity contribution in [2.45, 2.75) is 6.42 Å². The first-order chi connectivity index (χ1) is 9.70. The number of rotatable bonds is 5. The highest BCUT2D eigenvalue weighted by Crippen LogP contribution is 2.12. The average molecular weight is 272 g/mol. The summed E-state index contributed by atoms with van der Waals surface area (Å²) in [6, 6.07) is 8.51. The number of amides is 1. The number of carbonyl (C=O) groups excluding carboxylic acids is 1. The smallest absolute Gasteiger partial charge is 0.255 e. The highest BCUT2D eigenvalue weighted by atomic mass is 16.3. The molecular formula is C14H16N4O2. The molecule has 104 valence electrons. The number of aromatic hydroxyl groups is 1. The number of carbonyl (C=O) groups is 1. The van der Waals surface area contributed by atoms with Crippen LogP contribution in [0.5, 0.6) is 5.75 Å². The quantitative estimate of drug-likeness (QED) is 0.481. The van der Waals surface area contributed by atoms with Crippen LogP contribution in [0.4, 0.5) is 5.69 Å². The summed E-state index contributed by atoms with van der Waals surface area (Å²) in [6.07, 6.45) is 3.70. The molecule has 1 aromatic carbocycles. The summed E-state index contributed by atoms with van der Waals surface area (Å²) in [5.41, 5.74) is 4.43. The van der Waals surface area contributed by atoms with Gasteiger partial charge in [-0.1, -0.05) is 12.1 Å². The van der Waals surface area contributed by atoms with Gasteiger partial charge in [0.1, 0.15) is 5.75 Å². The number of nitrogens with one attached hydrogen (secondary N) is 2. The molecule has 0 radical (unpaired) electrons. The average Bonchev–Trinajstić information content (AvgIpc) is 2.49. The van der Waals surface area contributed by atoms with E-state index in [1.807, 2.05) is 12.1 Å². The second-order valence-electron chi connectivity index (χ2n) is 4.24. The van der Waals surface area contributed by atoms with Crippen molar-refractivity contribution in [3.63, 3.8) is 0 Å². The van der Waals surface area contributed by atoms with Crippen molar-refractivity contribution < 1.29 is 9.90 Å². The molecule has 0 bridgehead atoms. The maximum Gasteiger partial charge on any atom is 0.255 e. The second-order valence-corrected chi connectivity index (χ2v) is 4.24. The van der Waals surface area contributed by atoms with Crippen LogP contribution in [0.3, 0.4) is 0 Å². The molecule has 0 aliphatic heterocycles. The molecule has 0 spiro atoms. The first-order valence-corrected chi connectivity index (χ1v) is 6.17. The van der Waals surface area contributed by atoms with Crippen LogP contribution >= 0.6 is 0 Å². The zero-order chi connectivity index (χ0) is 14.4. The molecule has 6 heteroatoms. The Morgan fingerprint density at radius 1 is 1.25 bits per heavy atom. The lowest BCUT2D eigenvalue weighted by Gasteiger charge is -2.09. The van der Waals surface area contributed by atoms with Gasteiger partial charge in [0.05, 0.1) is 11.3 Å². The van der Waals surface area contributed by atoms with E-state index in [0.717, 1.165) is 5.56 Å². The molecule has 1 amide bonds. The Balaban J connectivity index is 1.90. The van der Waals surface area contributed by atoms with E-state index in [1.165, 1.54) is 6.20 Å². The van der Waals surface area contributed by atoms with Crippen LogP contribution in [0.25, 0.3) is 0 Å². The fourth-order valence-corrected chi connectivity index (χ4v) is 1.78. The Kier molecular flexibility index (Phi) is 4.52. The number of nitrogen functional groups attached to an aromatic ring is 1. The number of nitrogens with two attached hydrogens (primary N) is 1. The Morgan fingerprint density at radius 3 is 2.70 bits per heavy atom. The van der Waals surface area contributed by atoms with Gasteiger partial charge in [0, 0.05) is 18.9 Å². The molecule has 6 nitrogen and oxygen atoms in total. The van der Waals surface area contributed by atoms with Gasteiger partial charge in [-0.3, -0.25) is 15.6 Å². The number of phenols is 1. The van der Waals surface area contributed by atoms with Gasteiger partial charge in [0.15, 0.2) is 0 Å². The molecule has 0 aliphatic rings. The Hall–Kier alpha value is -2.60. The van der Waals surface area contributed by atoms with Crippen LogP contribution in [0, 0.1) is 0 Å². The van der Waals surface area contributed by atoms with Gasteiger partial charge in [-0.2, -0.15) is 0 Å². The summed E-state index contributed by atoms with van der Waals surface area (Å²) < 4.78 is 0. The third-order valence-corrected chi connectivity index (χ3v) is 2.86. The Morgan fingerprint density at radius 2 is 2.00 bits per heavy atom. The lowest BCUT2D eigenvalue weighted by Crippen LogP contribution is -2.27. The van der Waals surface area contributed by atoms with Gasteiger partial charge < -0.3 is 15.8 Å². The van der Waals surface area contributed by atoms with Crippen molar-refractivity contribution in [1.29, 1.82) is 0 Å². The van der Waals surface area contributed by atoms with Crippen LogP contribution in [0.2, 0.25) is 0 Å². The van der Waals surface area contributed by atoms with Gasteiger partial charge in [-0.25, -0.2) is 0 Å². The fraction of sp³-hybridized carbons (Fsp3) is 0.143. The first kappa shape index (κ1) is 13.8. The van der Waals surface area contributed by atoms with Crippen molar-refractivity contribution in [2.75, 3.05) is 12.0 Å². The summed E-state index contributed by atoms with van der Waals surface area (Å²) in [7, 11) is 0. The van der Waals surface area contributed by atoms with Crippen molar-refractivity contribution in [3.8, 4) is 5.75 Å². The molecule has 0 fully saturated rings. The third-order valence-electron chi connectivity index (χ3n) is 2.86. The molecule has 1 heterocycles. The van der Waals surface area contributed by atoms with E-state index in [9.17, 15) is 9.90 Å². The van der Waals surface area contributed by atoms with Gasteiger partial charge >= 0.3 is 0 Å². The van der Waals surface area contributed by atoms with E-state index in [1.54, 1.807) is 24.4 Å². The first-order valence-electron chi connectivity index (χ1n) is 6.17. The minimum Gasteiger partial charge on any atom is -0.508 e. The van der Waals surface area contributed by atoms with Crippen LogP contribution < -0.4 is 16.6 Å². The molecular weight excluding hydrogens is 256 g/mol. The standard InChI is InChI=1S/C14H16N4O2/c15-18-13-6-7-16-9-12(13)14(20)17-8-5-10-1-3-11(19)4-2-10/h1-4,6-7,9,19H,5,8,15H2,(H,16,18)(H,17,20). The minimum absolute atomic E-state index is 0.229. The maximum atomic E-state index is 12.0. The minimum atomic E-state index is -0.232. The number of anilines is 1. The fourth-order valence-electron chi connectivity index (χ4n) is 1.78. The number of hydrogen-bond acceptors (Lipinski definition) is 5. The van der Waals surface area contributed by atoms with E-state index in [4.69, 9.17) is 5.84 Å². The molecule has 5 N–H and O–H groups in total. The number of nitrogens with zero attached hydrogens (tertiary/aromatic N) is 1. The zero-order valence-corrected chi connectivity index (χ0v) is 10.8. The molecule has 2 aromatic rings. The number of hydrogen-bond donors (Lipinski definition) is 4. The van der Waals surface area contributed by atoms with E-state index >= 15 is 0 Å². The van der Waals surface area contributed by atoms with Crippen LogP contribution in [-0.2, 0) is 6.42 Å². The largest absolute Gasteiger partial charge is 0.508 e. The predicted octanol–water partition coefficient (Wildman–Crippen LogP) is 1.05. The lowest BCUT2D eigenvalue weighted by molar-refractivity contribution is 0.0954. The van der Waals surface area contributed by atoms with Gasteiger partial charge in [0.25, 0.3) is 5.91 Å². The molecule has 0 saturated carbocycles. The molecule has 0 saturated heterocycles. The van der Waals surface area contributed by atoms with Crippen molar-refractivity contribution in [3.05, 3.63) is 53.9 Å². The summed E-state index contributed by atoms with van der Waals surface area (Å²) in [5, 5.41) is 12.0. The number of aromatic nitrogens is 1. The van der Waals surface area contributed by atoms with E-state index in [2.05, 4.69) is 15.7 Å². The lowest BCUT2D eigenvalue weighted by atomic mass is 10.1. The van der Waals surface area contributed by atoms with Gasteiger partial charge in [0.2, 0.25) is 0 Å². The Labute approximate surface area is 116 Å². The van der Waals surface area contributed by atoms with E-state index in [0.29, 0.717) is 24.2 Å². The van der Waals surface area contributed by atoms with Gasteiger partial charge in [-0.15, -0.1) is 0 Å². The zero-order valence-electron chi connectivity index (χ0n) is 10.8.